The summed E-state index contributed by atoms with van der Waals surface area (Å²) >= 11 is 0. The largest absolute Gasteiger partial charge is 0.454 e. The van der Waals surface area contributed by atoms with Crippen molar-refractivity contribution in [2.45, 2.75) is 12.7 Å². The molecule has 3 aromatic carbocycles. The van der Waals surface area contributed by atoms with Crippen LogP contribution in [0.5, 0.6) is 11.5 Å². The molecule has 0 fully saturated rings. The SMILES string of the molecule is O=C1c2ccccc2N[C@H](c2cnc3ccccc3n2)N1Cc1ccc2c(c1)OCO2. The Labute approximate surface area is 178 Å². The first-order valence-corrected chi connectivity index (χ1v) is 10.0. The molecule has 0 saturated carbocycles. The van der Waals surface area contributed by atoms with E-state index in [1.165, 1.54) is 0 Å². The number of hydrogen-bond donors (Lipinski definition) is 1. The summed E-state index contributed by atoms with van der Waals surface area (Å²) in [4.78, 5) is 24.6. The van der Waals surface area contributed by atoms with E-state index < -0.39 is 6.17 Å². The first kappa shape index (κ1) is 17.7. The Morgan fingerprint density at radius 3 is 2.71 bits per heavy atom. The quantitative estimate of drug-likeness (QED) is 0.547. The van der Waals surface area contributed by atoms with E-state index in [0.717, 1.165) is 22.3 Å². The van der Waals surface area contributed by atoms with E-state index in [1.807, 2.05) is 66.7 Å². The molecule has 1 N–H and O–H groups in total. The fourth-order valence-corrected chi connectivity index (χ4v) is 4.03. The van der Waals surface area contributed by atoms with Crippen LogP contribution in [0.4, 0.5) is 5.69 Å². The molecule has 0 spiro atoms. The van der Waals surface area contributed by atoms with E-state index in [1.54, 1.807) is 11.1 Å². The lowest BCUT2D eigenvalue weighted by atomic mass is 10.0. The fraction of sp³-hybridized carbons (Fsp3) is 0.125. The molecule has 2 aliphatic heterocycles. The van der Waals surface area contributed by atoms with Crippen LogP contribution >= 0.6 is 0 Å². The highest BCUT2D eigenvalue weighted by Crippen LogP contribution is 2.36. The van der Waals surface area contributed by atoms with Crippen molar-refractivity contribution in [3.05, 3.63) is 89.7 Å². The molecule has 2 aliphatic rings. The van der Waals surface area contributed by atoms with Crippen molar-refractivity contribution in [3.63, 3.8) is 0 Å². The zero-order valence-electron chi connectivity index (χ0n) is 16.5. The molecular weight excluding hydrogens is 392 g/mol. The summed E-state index contributed by atoms with van der Waals surface area (Å²) in [7, 11) is 0. The molecule has 0 saturated heterocycles. The van der Waals surface area contributed by atoms with Gasteiger partial charge in [-0.15, -0.1) is 0 Å². The maximum Gasteiger partial charge on any atom is 0.258 e. The van der Waals surface area contributed by atoms with Crippen molar-refractivity contribution >= 4 is 22.6 Å². The maximum absolute atomic E-state index is 13.5. The minimum atomic E-state index is -0.454. The third-order valence-corrected chi connectivity index (χ3v) is 5.56. The monoisotopic (exact) mass is 410 g/mol. The van der Waals surface area contributed by atoms with Crippen molar-refractivity contribution in [3.8, 4) is 11.5 Å². The molecule has 4 aromatic rings. The second-order valence-electron chi connectivity index (χ2n) is 7.50. The summed E-state index contributed by atoms with van der Waals surface area (Å²) in [6.07, 6.45) is 1.28. The number of carbonyl (C=O) groups is 1. The summed E-state index contributed by atoms with van der Waals surface area (Å²) in [6.45, 7) is 0.599. The number of para-hydroxylation sites is 3. The molecule has 1 amide bonds. The molecule has 3 heterocycles. The predicted molar refractivity (Wildman–Crippen MR) is 115 cm³/mol. The van der Waals surface area contributed by atoms with E-state index in [2.05, 4.69) is 10.3 Å². The Balaban J connectivity index is 1.42. The summed E-state index contributed by atoms with van der Waals surface area (Å²) in [5.41, 5.74) is 4.65. The van der Waals surface area contributed by atoms with E-state index in [4.69, 9.17) is 14.5 Å². The number of amides is 1. The molecule has 1 aromatic heterocycles. The van der Waals surface area contributed by atoms with Gasteiger partial charge in [-0.3, -0.25) is 9.78 Å². The molecule has 0 aliphatic carbocycles. The van der Waals surface area contributed by atoms with Gasteiger partial charge in [0, 0.05) is 12.2 Å². The second-order valence-corrected chi connectivity index (χ2v) is 7.50. The number of ether oxygens (including phenoxy) is 2. The van der Waals surface area contributed by atoms with Gasteiger partial charge in [-0.05, 0) is 42.0 Å². The zero-order chi connectivity index (χ0) is 20.8. The number of rotatable bonds is 3. The molecule has 31 heavy (non-hydrogen) atoms. The lowest BCUT2D eigenvalue weighted by Crippen LogP contribution is -2.42. The van der Waals surface area contributed by atoms with Crippen molar-refractivity contribution in [1.29, 1.82) is 0 Å². The third-order valence-electron chi connectivity index (χ3n) is 5.56. The summed E-state index contributed by atoms with van der Waals surface area (Å²) in [5, 5.41) is 3.48. The number of hydrogen-bond acceptors (Lipinski definition) is 6. The second kappa shape index (κ2) is 6.98. The molecule has 152 valence electrons. The highest BCUT2D eigenvalue weighted by atomic mass is 16.7. The van der Waals surface area contributed by atoms with Gasteiger partial charge in [0.05, 0.1) is 22.8 Å². The van der Waals surface area contributed by atoms with Gasteiger partial charge in [-0.1, -0.05) is 30.3 Å². The van der Waals surface area contributed by atoms with Gasteiger partial charge in [0.2, 0.25) is 6.79 Å². The normalized spacial score (nSPS) is 16.8. The van der Waals surface area contributed by atoms with E-state index >= 15 is 0 Å². The highest BCUT2D eigenvalue weighted by Gasteiger charge is 2.34. The van der Waals surface area contributed by atoms with Crippen LogP contribution in [0.15, 0.2) is 72.9 Å². The van der Waals surface area contributed by atoms with Crippen molar-refractivity contribution in [2.24, 2.45) is 0 Å². The highest BCUT2D eigenvalue weighted by molar-refractivity contribution is 6.01. The van der Waals surface area contributed by atoms with Gasteiger partial charge in [-0.25, -0.2) is 4.98 Å². The average molecular weight is 410 g/mol. The molecule has 7 nitrogen and oxygen atoms in total. The summed E-state index contributed by atoms with van der Waals surface area (Å²) in [5.74, 6) is 1.35. The van der Waals surface area contributed by atoms with Crippen LogP contribution in [0, 0.1) is 0 Å². The topological polar surface area (TPSA) is 76.6 Å². The van der Waals surface area contributed by atoms with Crippen LogP contribution in [0.25, 0.3) is 11.0 Å². The number of nitrogens with zero attached hydrogens (tertiary/aromatic N) is 3. The predicted octanol–water partition coefficient (Wildman–Crippen LogP) is 4.13. The van der Waals surface area contributed by atoms with E-state index in [0.29, 0.717) is 29.3 Å². The molecule has 0 bridgehead atoms. The van der Waals surface area contributed by atoms with Gasteiger partial charge >= 0.3 is 0 Å². The number of aromatic nitrogens is 2. The smallest absolute Gasteiger partial charge is 0.258 e. The van der Waals surface area contributed by atoms with E-state index in [9.17, 15) is 4.79 Å². The van der Waals surface area contributed by atoms with Gasteiger partial charge in [0.15, 0.2) is 11.5 Å². The van der Waals surface area contributed by atoms with Gasteiger partial charge < -0.3 is 19.7 Å². The minimum absolute atomic E-state index is 0.0630. The Kier molecular flexibility index (Phi) is 3.99. The average Bonchev–Trinajstić information content (AvgIpc) is 3.28. The minimum Gasteiger partial charge on any atom is -0.454 e. The standard InChI is InChI=1S/C24H18N4O3/c29-24-16-5-1-2-6-17(16)27-23(20-12-25-18-7-3-4-8-19(18)26-20)28(24)13-15-9-10-21-22(11-15)31-14-30-21/h1-12,23,27H,13-14H2/t23-/m0/s1. The molecule has 7 heteroatoms. The zero-order valence-corrected chi connectivity index (χ0v) is 16.5. The Morgan fingerprint density at radius 2 is 1.77 bits per heavy atom. The first-order valence-electron chi connectivity index (χ1n) is 10.0. The molecule has 0 radical (unpaired) electrons. The maximum atomic E-state index is 13.5. The van der Waals surface area contributed by atoms with Crippen LogP contribution in [0.2, 0.25) is 0 Å². The van der Waals surface area contributed by atoms with Gasteiger partial charge in [0.1, 0.15) is 11.9 Å². The van der Waals surface area contributed by atoms with Gasteiger partial charge in [-0.2, -0.15) is 0 Å². The number of anilines is 1. The van der Waals surface area contributed by atoms with Crippen LogP contribution < -0.4 is 14.8 Å². The van der Waals surface area contributed by atoms with Gasteiger partial charge in [0.25, 0.3) is 5.91 Å². The fourth-order valence-electron chi connectivity index (χ4n) is 4.03. The Bertz CT molecular complexity index is 1320. The molecular formula is C24H18N4O3. The van der Waals surface area contributed by atoms with Crippen molar-refractivity contribution < 1.29 is 14.3 Å². The molecule has 0 unspecified atom stereocenters. The number of carbonyl (C=O) groups excluding carboxylic acids is 1. The Morgan fingerprint density at radius 1 is 0.968 bits per heavy atom. The number of fused-ring (bicyclic) bond motifs is 3. The lowest BCUT2D eigenvalue weighted by molar-refractivity contribution is 0.0662. The van der Waals surface area contributed by atoms with Crippen LogP contribution in [-0.4, -0.2) is 27.6 Å². The van der Waals surface area contributed by atoms with Crippen LogP contribution in [0.3, 0.4) is 0 Å². The Hall–Kier alpha value is -4.13. The van der Waals surface area contributed by atoms with E-state index in [-0.39, 0.29) is 12.7 Å². The molecule has 6 rings (SSSR count). The van der Waals surface area contributed by atoms with Crippen LogP contribution in [0.1, 0.15) is 27.8 Å². The first-order chi connectivity index (χ1) is 15.3. The van der Waals surface area contributed by atoms with Crippen molar-refractivity contribution in [1.82, 2.24) is 14.9 Å². The molecule has 1 atom stereocenters. The summed E-state index contributed by atoms with van der Waals surface area (Å²) in [6, 6.07) is 21.0. The third kappa shape index (κ3) is 3.02. The summed E-state index contributed by atoms with van der Waals surface area (Å²) < 4.78 is 10.9. The number of benzene rings is 3. The number of nitrogens with one attached hydrogen (secondary N) is 1. The van der Waals surface area contributed by atoms with Crippen molar-refractivity contribution in [2.75, 3.05) is 12.1 Å². The lowest BCUT2D eigenvalue weighted by Gasteiger charge is -2.37. The van der Waals surface area contributed by atoms with Crippen LogP contribution in [-0.2, 0) is 6.54 Å².